The Hall–Kier alpha value is -0.350. The summed E-state index contributed by atoms with van der Waals surface area (Å²) < 4.78 is 3.12. The van der Waals surface area contributed by atoms with Crippen LogP contribution in [0.25, 0.3) is 0 Å². The van der Waals surface area contributed by atoms with Crippen LogP contribution >= 0.6 is 15.9 Å². The Morgan fingerprint density at radius 1 is 1.44 bits per heavy atom. The van der Waals surface area contributed by atoms with Crippen molar-refractivity contribution in [3.63, 3.8) is 0 Å². The summed E-state index contributed by atoms with van der Waals surface area (Å²) in [5, 5.41) is 8.01. The van der Waals surface area contributed by atoms with Gasteiger partial charge in [0.2, 0.25) is 0 Å². The van der Waals surface area contributed by atoms with Gasteiger partial charge in [-0.25, -0.2) is 0 Å². The molecule has 3 nitrogen and oxygen atoms in total. The molecular weight excluding hydrogens is 290 g/mol. The standard InChI is InChI=1S/C14H24BrN3/c1-10-5-4-6-12(7-10)8-16-9-13-14(15)11(2)17-18(13)3/h10,12,16H,4-9H2,1-3H3. The SMILES string of the molecule is Cc1nn(C)c(CNCC2CCCC(C)C2)c1Br. The lowest BCUT2D eigenvalue weighted by Gasteiger charge is -2.26. The summed E-state index contributed by atoms with van der Waals surface area (Å²) in [6.45, 7) is 6.47. The number of hydrogen-bond acceptors (Lipinski definition) is 2. The second-order valence-electron chi connectivity index (χ2n) is 5.74. The van der Waals surface area contributed by atoms with E-state index in [1.165, 1.54) is 31.4 Å². The van der Waals surface area contributed by atoms with Crippen LogP contribution in [0.2, 0.25) is 0 Å². The molecule has 0 spiro atoms. The summed E-state index contributed by atoms with van der Waals surface area (Å²) in [6, 6.07) is 0. The number of hydrogen-bond donors (Lipinski definition) is 1. The minimum absolute atomic E-state index is 0.863. The molecular formula is C14H24BrN3. The van der Waals surface area contributed by atoms with Gasteiger partial charge in [-0.05, 0) is 54.1 Å². The van der Waals surface area contributed by atoms with Crippen molar-refractivity contribution in [2.75, 3.05) is 6.54 Å². The largest absolute Gasteiger partial charge is 0.311 e. The molecule has 1 aliphatic rings. The molecule has 0 bridgehead atoms. The van der Waals surface area contributed by atoms with E-state index in [0.717, 1.165) is 35.1 Å². The van der Waals surface area contributed by atoms with E-state index in [4.69, 9.17) is 0 Å². The molecule has 4 heteroatoms. The van der Waals surface area contributed by atoms with Crippen molar-refractivity contribution in [1.82, 2.24) is 15.1 Å². The first-order valence-corrected chi connectivity index (χ1v) is 7.76. The van der Waals surface area contributed by atoms with E-state index < -0.39 is 0 Å². The number of nitrogens with one attached hydrogen (secondary N) is 1. The Morgan fingerprint density at radius 2 is 2.22 bits per heavy atom. The van der Waals surface area contributed by atoms with Gasteiger partial charge in [-0.3, -0.25) is 4.68 Å². The van der Waals surface area contributed by atoms with Gasteiger partial charge in [-0.1, -0.05) is 19.8 Å². The smallest absolute Gasteiger partial charge is 0.0739 e. The van der Waals surface area contributed by atoms with E-state index in [2.05, 4.69) is 33.3 Å². The maximum Gasteiger partial charge on any atom is 0.0739 e. The number of aryl methyl sites for hydroxylation is 2. The molecule has 1 aliphatic carbocycles. The van der Waals surface area contributed by atoms with Crippen molar-refractivity contribution in [3.05, 3.63) is 15.9 Å². The van der Waals surface area contributed by atoms with E-state index in [1.807, 2.05) is 18.7 Å². The van der Waals surface area contributed by atoms with Gasteiger partial charge in [0.05, 0.1) is 15.9 Å². The fourth-order valence-electron chi connectivity index (χ4n) is 3.01. The summed E-state index contributed by atoms with van der Waals surface area (Å²) >= 11 is 3.61. The van der Waals surface area contributed by atoms with Crippen LogP contribution in [-0.2, 0) is 13.6 Å². The van der Waals surface area contributed by atoms with Gasteiger partial charge in [0.15, 0.2) is 0 Å². The Labute approximate surface area is 118 Å². The van der Waals surface area contributed by atoms with Crippen LogP contribution in [0, 0.1) is 18.8 Å². The second-order valence-corrected chi connectivity index (χ2v) is 6.53. The highest BCUT2D eigenvalue weighted by molar-refractivity contribution is 9.10. The monoisotopic (exact) mass is 313 g/mol. The fraction of sp³-hybridized carbons (Fsp3) is 0.786. The first-order chi connectivity index (χ1) is 8.58. The van der Waals surface area contributed by atoms with Gasteiger partial charge in [0, 0.05) is 13.6 Å². The van der Waals surface area contributed by atoms with Crippen LogP contribution in [0.1, 0.15) is 44.0 Å². The normalized spacial score (nSPS) is 24.4. The van der Waals surface area contributed by atoms with Crippen molar-refractivity contribution in [1.29, 1.82) is 0 Å². The molecule has 0 aromatic carbocycles. The minimum atomic E-state index is 0.863. The topological polar surface area (TPSA) is 29.9 Å². The fourth-order valence-corrected chi connectivity index (χ4v) is 3.49. The lowest BCUT2D eigenvalue weighted by molar-refractivity contribution is 0.273. The lowest BCUT2D eigenvalue weighted by atomic mass is 9.82. The minimum Gasteiger partial charge on any atom is -0.311 e. The highest BCUT2D eigenvalue weighted by atomic mass is 79.9. The van der Waals surface area contributed by atoms with Gasteiger partial charge in [0.1, 0.15) is 0 Å². The third-order valence-electron chi connectivity index (χ3n) is 4.03. The van der Waals surface area contributed by atoms with Crippen molar-refractivity contribution in [2.45, 2.75) is 46.1 Å². The average Bonchev–Trinajstić information content (AvgIpc) is 2.56. The lowest BCUT2D eigenvalue weighted by Crippen LogP contribution is -2.27. The number of rotatable bonds is 4. The van der Waals surface area contributed by atoms with E-state index >= 15 is 0 Å². The van der Waals surface area contributed by atoms with E-state index in [0.29, 0.717) is 0 Å². The maximum atomic E-state index is 4.42. The van der Waals surface area contributed by atoms with Crippen LogP contribution in [0.15, 0.2) is 4.47 Å². The second kappa shape index (κ2) is 6.20. The Kier molecular flexibility index (Phi) is 4.84. The molecule has 1 heterocycles. The van der Waals surface area contributed by atoms with Crippen molar-refractivity contribution in [3.8, 4) is 0 Å². The average molecular weight is 314 g/mol. The first-order valence-electron chi connectivity index (χ1n) is 6.96. The Morgan fingerprint density at radius 3 is 2.83 bits per heavy atom. The number of aromatic nitrogens is 2. The molecule has 18 heavy (non-hydrogen) atoms. The molecule has 1 N–H and O–H groups in total. The van der Waals surface area contributed by atoms with Crippen LogP contribution < -0.4 is 5.32 Å². The van der Waals surface area contributed by atoms with Crippen LogP contribution in [-0.4, -0.2) is 16.3 Å². The molecule has 1 aromatic heterocycles. The predicted octanol–water partition coefficient (Wildman–Crippen LogP) is 3.41. The molecule has 102 valence electrons. The van der Waals surface area contributed by atoms with E-state index in [1.54, 1.807) is 0 Å². The zero-order valence-corrected chi connectivity index (χ0v) is 13.3. The summed E-state index contributed by atoms with van der Waals surface area (Å²) in [7, 11) is 2.01. The molecule has 1 fully saturated rings. The number of nitrogens with zero attached hydrogens (tertiary/aromatic N) is 2. The molecule has 1 aromatic rings. The molecule has 1 saturated carbocycles. The summed E-state index contributed by atoms with van der Waals surface area (Å²) in [6.07, 6.45) is 5.60. The quantitative estimate of drug-likeness (QED) is 0.923. The third-order valence-corrected chi connectivity index (χ3v) is 5.06. The third kappa shape index (κ3) is 3.35. The Balaban J connectivity index is 1.81. The van der Waals surface area contributed by atoms with Crippen LogP contribution in [0.3, 0.4) is 0 Å². The van der Waals surface area contributed by atoms with Crippen LogP contribution in [0.5, 0.6) is 0 Å². The maximum absolute atomic E-state index is 4.42. The summed E-state index contributed by atoms with van der Waals surface area (Å²) in [4.78, 5) is 0. The molecule has 0 radical (unpaired) electrons. The highest BCUT2D eigenvalue weighted by Gasteiger charge is 2.18. The molecule has 2 atom stereocenters. The van der Waals surface area contributed by atoms with E-state index in [9.17, 15) is 0 Å². The van der Waals surface area contributed by atoms with Crippen molar-refractivity contribution < 1.29 is 0 Å². The number of halogens is 1. The van der Waals surface area contributed by atoms with E-state index in [-0.39, 0.29) is 0 Å². The summed E-state index contributed by atoms with van der Waals surface area (Å²) in [5.74, 6) is 1.78. The molecule has 0 amide bonds. The Bertz CT molecular complexity index is 400. The first kappa shape index (κ1) is 14.1. The van der Waals surface area contributed by atoms with Crippen molar-refractivity contribution >= 4 is 15.9 Å². The molecule has 2 unspecified atom stereocenters. The zero-order chi connectivity index (χ0) is 13.1. The highest BCUT2D eigenvalue weighted by Crippen LogP contribution is 2.28. The van der Waals surface area contributed by atoms with Gasteiger partial charge in [-0.2, -0.15) is 5.10 Å². The summed E-state index contributed by atoms with van der Waals surface area (Å²) in [5.41, 5.74) is 2.32. The van der Waals surface area contributed by atoms with Gasteiger partial charge < -0.3 is 5.32 Å². The molecule has 0 saturated heterocycles. The van der Waals surface area contributed by atoms with Crippen LogP contribution in [0.4, 0.5) is 0 Å². The molecule has 2 rings (SSSR count). The van der Waals surface area contributed by atoms with Gasteiger partial charge >= 0.3 is 0 Å². The predicted molar refractivity (Wildman–Crippen MR) is 78.5 cm³/mol. The van der Waals surface area contributed by atoms with Gasteiger partial charge in [-0.15, -0.1) is 0 Å². The zero-order valence-electron chi connectivity index (χ0n) is 11.7. The van der Waals surface area contributed by atoms with Gasteiger partial charge in [0.25, 0.3) is 0 Å². The van der Waals surface area contributed by atoms with Crippen molar-refractivity contribution in [2.24, 2.45) is 18.9 Å². The molecule has 0 aliphatic heterocycles.